The number of hydrogen-bond donors (Lipinski definition) is 1. The highest BCUT2D eigenvalue weighted by Gasteiger charge is 2.28. The number of Topliss-reactive ketones (excluding diaryl/α,β-unsaturated/α-hetero) is 1. The third-order valence-corrected chi connectivity index (χ3v) is 3.43. The minimum absolute atomic E-state index is 0.227. The highest BCUT2D eigenvalue weighted by molar-refractivity contribution is 6.02. The van der Waals surface area contributed by atoms with Gasteiger partial charge in [0.15, 0.2) is 5.78 Å². The van der Waals surface area contributed by atoms with E-state index >= 15 is 0 Å². The van der Waals surface area contributed by atoms with Crippen LogP contribution >= 0.6 is 0 Å². The molecule has 1 unspecified atom stereocenters. The van der Waals surface area contributed by atoms with Crippen LogP contribution in [0, 0.1) is 0 Å². The van der Waals surface area contributed by atoms with E-state index in [1.54, 1.807) is 26.0 Å². The molecule has 2 heteroatoms. The zero-order chi connectivity index (χ0) is 13.9. The van der Waals surface area contributed by atoms with Crippen molar-refractivity contribution >= 4 is 5.78 Å². The van der Waals surface area contributed by atoms with Gasteiger partial charge in [0.2, 0.25) is 0 Å². The number of carbonyl (C=O) groups is 1. The van der Waals surface area contributed by atoms with Gasteiger partial charge in [-0.25, -0.2) is 0 Å². The first kappa shape index (κ1) is 13.5. The molecule has 0 aliphatic carbocycles. The Balaban J connectivity index is 2.27. The van der Waals surface area contributed by atoms with Crippen LogP contribution in [0.2, 0.25) is 0 Å². The molecule has 0 radical (unpaired) electrons. The number of aliphatic hydroxyl groups is 1. The van der Waals surface area contributed by atoms with Gasteiger partial charge in [0.05, 0.1) is 0 Å². The molecule has 0 saturated heterocycles. The first-order valence-corrected chi connectivity index (χ1v) is 6.47. The number of ketones is 1. The lowest BCUT2D eigenvalue weighted by Crippen LogP contribution is -2.34. The van der Waals surface area contributed by atoms with Gasteiger partial charge in [-0.3, -0.25) is 4.79 Å². The summed E-state index contributed by atoms with van der Waals surface area (Å²) in [7, 11) is 0. The van der Waals surface area contributed by atoms with Crippen LogP contribution in [0.3, 0.4) is 0 Å². The molecule has 0 fully saturated rings. The molecule has 19 heavy (non-hydrogen) atoms. The van der Waals surface area contributed by atoms with E-state index < -0.39 is 5.60 Å². The maximum absolute atomic E-state index is 12.1. The smallest absolute Gasteiger partial charge is 0.194 e. The summed E-state index contributed by atoms with van der Waals surface area (Å²) < 4.78 is 0. The molecule has 2 aromatic rings. The Bertz CT molecular complexity index is 554. The van der Waals surface area contributed by atoms with E-state index in [1.807, 2.05) is 42.5 Å². The van der Waals surface area contributed by atoms with Crippen LogP contribution in [0.5, 0.6) is 0 Å². The van der Waals surface area contributed by atoms with Gasteiger partial charge < -0.3 is 5.11 Å². The molecule has 0 aromatic heterocycles. The molecule has 2 aromatic carbocycles. The fourth-order valence-corrected chi connectivity index (χ4v) is 1.92. The summed E-state index contributed by atoms with van der Waals surface area (Å²) in [4.78, 5) is 12.1. The van der Waals surface area contributed by atoms with Crippen LogP contribution in [0.1, 0.15) is 30.6 Å². The van der Waals surface area contributed by atoms with Gasteiger partial charge in [0, 0.05) is 5.56 Å². The summed E-state index contributed by atoms with van der Waals surface area (Å²) >= 11 is 0. The Morgan fingerprint density at radius 2 is 1.53 bits per heavy atom. The Morgan fingerprint density at radius 3 is 2.05 bits per heavy atom. The molecule has 0 amide bonds. The van der Waals surface area contributed by atoms with E-state index in [9.17, 15) is 9.90 Å². The largest absolute Gasteiger partial charge is 0.382 e. The lowest BCUT2D eigenvalue weighted by atomic mass is 9.91. The average molecular weight is 254 g/mol. The van der Waals surface area contributed by atoms with Gasteiger partial charge in [-0.1, -0.05) is 61.5 Å². The summed E-state index contributed by atoms with van der Waals surface area (Å²) in [6, 6.07) is 17.4. The Labute approximate surface area is 113 Å². The molecule has 1 N–H and O–H groups in total. The SMILES string of the molecule is CCC(C)(O)C(=O)c1ccc(-c2ccccc2)cc1. The van der Waals surface area contributed by atoms with Gasteiger partial charge >= 0.3 is 0 Å². The Kier molecular flexibility index (Phi) is 3.82. The molecular weight excluding hydrogens is 236 g/mol. The standard InChI is InChI=1S/C17H18O2/c1-3-17(2,19)16(18)15-11-9-14(10-12-15)13-7-5-4-6-8-13/h4-12,19H,3H2,1-2H3. The van der Waals surface area contributed by atoms with Gasteiger partial charge in [-0.2, -0.15) is 0 Å². The zero-order valence-corrected chi connectivity index (χ0v) is 11.3. The second-order valence-electron chi connectivity index (χ2n) is 4.90. The quantitative estimate of drug-likeness (QED) is 0.845. The normalized spacial score (nSPS) is 13.8. The van der Waals surface area contributed by atoms with Crippen molar-refractivity contribution in [3.8, 4) is 11.1 Å². The molecule has 0 heterocycles. The molecule has 0 bridgehead atoms. The van der Waals surface area contributed by atoms with Gasteiger partial charge in [0.25, 0.3) is 0 Å². The third-order valence-electron chi connectivity index (χ3n) is 3.43. The first-order valence-electron chi connectivity index (χ1n) is 6.47. The fraction of sp³-hybridized carbons (Fsp3) is 0.235. The minimum atomic E-state index is -1.28. The first-order chi connectivity index (χ1) is 9.04. The van der Waals surface area contributed by atoms with E-state index in [4.69, 9.17) is 0 Å². The van der Waals surface area contributed by atoms with Gasteiger partial charge in [0.1, 0.15) is 5.60 Å². The van der Waals surface area contributed by atoms with E-state index in [0.29, 0.717) is 12.0 Å². The molecular formula is C17H18O2. The summed E-state index contributed by atoms with van der Waals surface area (Å²) in [5.74, 6) is -0.227. The molecule has 98 valence electrons. The van der Waals surface area contributed by atoms with Crippen molar-refractivity contribution in [3.05, 3.63) is 60.2 Å². The molecule has 2 rings (SSSR count). The summed E-state index contributed by atoms with van der Waals surface area (Å²) in [5.41, 5.74) is 1.44. The number of carbonyl (C=O) groups excluding carboxylic acids is 1. The third kappa shape index (κ3) is 2.91. The van der Waals surface area contributed by atoms with Crippen LogP contribution in [0.15, 0.2) is 54.6 Å². The summed E-state index contributed by atoms with van der Waals surface area (Å²) in [6.07, 6.45) is 0.409. The fourth-order valence-electron chi connectivity index (χ4n) is 1.92. The zero-order valence-electron chi connectivity index (χ0n) is 11.3. The van der Waals surface area contributed by atoms with Crippen molar-refractivity contribution in [2.45, 2.75) is 25.9 Å². The molecule has 0 aliphatic heterocycles. The monoisotopic (exact) mass is 254 g/mol. The Morgan fingerprint density at radius 1 is 1.00 bits per heavy atom. The van der Waals surface area contributed by atoms with E-state index in [1.165, 1.54) is 0 Å². The van der Waals surface area contributed by atoms with E-state index in [0.717, 1.165) is 11.1 Å². The summed E-state index contributed by atoms with van der Waals surface area (Å²) in [5, 5.41) is 9.98. The number of benzene rings is 2. The lowest BCUT2D eigenvalue weighted by molar-refractivity contribution is 0.0390. The van der Waals surface area contributed by atoms with Crippen LogP contribution in [0.4, 0.5) is 0 Å². The van der Waals surface area contributed by atoms with E-state index in [-0.39, 0.29) is 5.78 Å². The van der Waals surface area contributed by atoms with Crippen LogP contribution in [-0.2, 0) is 0 Å². The second-order valence-corrected chi connectivity index (χ2v) is 4.90. The predicted octanol–water partition coefficient (Wildman–Crippen LogP) is 3.70. The van der Waals surface area contributed by atoms with Gasteiger partial charge in [-0.05, 0) is 24.5 Å². The lowest BCUT2D eigenvalue weighted by Gasteiger charge is -2.19. The number of rotatable bonds is 4. The maximum Gasteiger partial charge on any atom is 0.194 e. The highest BCUT2D eigenvalue weighted by atomic mass is 16.3. The van der Waals surface area contributed by atoms with Crippen molar-refractivity contribution in [3.63, 3.8) is 0 Å². The van der Waals surface area contributed by atoms with Crippen LogP contribution in [-0.4, -0.2) is 16.5 Å². The van der Waals surface area contributed by atoms with Crippen molar-refractivity contribution in [2.75, 3.05) is 0 Å². The molecule has 0 aliphatic rings. The topological polar surface area (TPSA) is 37.3 Å². The van der Waals surface area contributed by atoms with Crippen LogP contribution in [0.25, 0.3) is 11.1 Å². The average Bonchev–Trinajstić information content (AvgIpc) is 2.47. The highest BCUT2D eigenvalue weighted by Crippen LogP contribution is 2.22. The maximum atomic E-state index is 12.1. The van der Waals surface area contributed by atoms with Crippen molar-refractivity contribution < 1.29 is 9.90 Å². The van der Waals surface area contributed by atoms with E-state index in [2.05, 4.69) is 0 Å². The molecule has 0 saturated carbocycles. The second kappa shape index (κ2) is 5.37. The summed E-state index contributed by atoms with van der Waals surface area (Å²) in [6.45, 7) is 3.36. The van der Waals surface area contributed by atoms with Crippen molar-refractivity contribution in [1.82, 2.24) is 0 Å². The van der Waals surface area contributed by atoms with Gasteiger partial charge in [-0.15, -0.1) is 0 Å². The van der Waals surface area contributed by atoms with Crippen molar-refractivity contribution in [2.24, 2.45) is 0 Å². The predicted molar refractivity (Wildman–Crippen MR) is 77.1 cm³/mol. The minimum Gasteiger partial charge on any atom is -0.382 e. The van der Waals surface area contributed by atoms with Crippen molar-refractivity contribution in [1.29, 1.82) is 0 Å². The molecule has 2 nitrogen and oxygen atoms in total. The molecule has 0 spiro atoms. The number of hydrogen-bond acceptors (Lipinski definition) is 2. The van der Waals surface area contributed by atoms with Crippen LogP contribution < -0.4 is 0 Å². The molecule has 1 atom stereocenters. The Hall–Kier alpha value is -1.93.